The summed E-state index contributed by atoms with van der Waals surface area (Å²) in [4.78, 5) is 4.35. The monoisotopic (exact) mass is 231 g/mol. The first-order chi connectivity index (χ1) is 8.43. The van der Waals surface area contributed by atoms with Crippen LogP contribution in [0.4, 0.5) is 5.82 Å². The summed E-state index contributed by atoms with van der Waals surface area (Å²) in [6.45, 7) is 2.12. The van der Waals surface area contributed by atoms with Crippen molar-refractivity contribution in [2.45, 2.75) is 25.3 Å². The van der Waals surface area contributed by atoms with Crippen molar-refractivity contribution in [3.05, 3.63) is 24.7 Å². The molecule has 17 heavy (non-hydrogen) atoms. The summed E-state index contributed by atoms with van der Waals surface area (Å²) in [7, 11) is 0. The molecule has 1 aliphatic rings. The molecule has 0 aromatic carbocycles. The zero-order chi connectivity index (χ0) is 11.5. The van der Waals surface area contributed by atoms with Gasteiger partial charge in [0.25, 0.3) is 0 Å². The van der Waals surface area contributed by atoms with Crippen molar-refractivity contribution in [3.63, 3.8) is 0 Å². The minimum atomic E-state index is 0.673. The lowest BCUT2D eigenvalue weighted by atomic mass is 10.1. The van der Waals surface area contributed by atoms with Crippen molar-refractivity contribution in [1.29, 1.82) is 0 Å². The molecular formula is C12H17N5. The van der Waals surface area contributed by atoms with E-state index in [1.165, 1.54) is 19.4 Å². The highest BCUT2D eigenvalue weighted by Crippen LogP contribution is 2.13. The van der Waals surface area contributed by atoms with Gasteiger partial charge in [-0.05, 0) is 31.9 Å². The molecule has 0 saturated carbocycles. The molecule has 1 aliphatic heterocycles. The number of nitrogens with zero attached hydrogens (tertiary/aromatic N) is 3. The van der Waals surface area contributed by atoms with Crippen LogP contribution >= 0.6 is 0 Å². The van der Waals surface area contributed by atoms with Crippen LogP contribution in [0.5, 0.6) is 0 Å². The van der Waals surface area contributed by atoms with Crippen LogP contribution < -0.4 is 10.6 Å². The fraction of sp³-hybridized carbons (Fsp3) is 0.500. The fourth-order valence-electron chi connectivity index (χ4n) is 2.36. The quantitative estimate of drug-likeness (QED) is 0.832. The first-order valence-corrected chi connectivity index (χ1v) is 6.19. The third-order valence-corrected chi connectivity index (χ3v) is 3.27. The Labute approximate surface area is 100 Å². The van der Waals surface area contributed by atoms with E-state index in [2.05, 4.69) is 20.7 Å². The van der Waals surface area contributed by atoms with E-state index in [1.54, 1.807) is 12.4 Å². The van der Waals surface area contributed by atoms with Crippen LogP contribution in [0.15, 0.2) is 24.7 Å². The SMILES string of the molecule is c1cn2nccc2c(NCCC2CCCN2)n1. The predicted molar refractivity (Wildman–Crippen MR) is 67.1 cm³/mol. The Hall–Kier alpha value is -1.62. The van der Waals surface area contributed by atoms with Crippen LogP contribution in [0.1, 0.15) is 19.3 Å². The Morgan fingerprint density at radius 1 is 1.47 bits per heavy atom. The van der Waals surface area contributed by atoms with Crippen molar-refractivity contribution in [2.24, 2.45) is 0 Å². The topological polar surface area (TPSA) is 54.2 Å². The molecule has 1 saturated heterocycles. The summed E-state index contributed by atoms with van der Waals surface area (Å²) in [6, 6.07) is 2.65. The lowest BCUT2D eigenvalue weighted by Crippen LogP contribution is -2.24. The van der Waals surface area contributed by atoms with Crippen LogP contribution in [-0.4, -0.2) is 33.7 Å². The molecule has 2 aromatic rings. The van der Waals surface area contributed by atoms with Gasteiger partial charge in [0.2, 0.25) is 0 Å². The van der Waals surface area contributed by atoms with Crippen LogP contribution in [0, 0.1) is 0 Å². The van der Waals surface area contributed by atoms with E-state index in [1.807, 2.05) is 16.8 Å². The van der Waals surface area contributed by atoms with E-state index >= 15 is 0 Å². The molecule has 0 radical (unpaired) electrons. The van der Waals surface area contributed by atoms with E-state index in [9.17, 15) is 0 Å². The molecule has 90 valence electrons. The van der Waals surface area contributed by atoms with Crippen LogP contribution in [-0.2, 0) is 0 Å². The molecule has 0 aliphatic carbocycles. The number of nitrogens with one attached hydrogen (secondary N) is 2. The second-order valence-corrected chi connectivity index (χ2v) is 4.45. The van der Waals surface area contributed by atoms with Crippen LogP contribution in [0.2, 0.25) is 0 Å². The summed E-state index contributed by atoms with van der Waals surface area (Å²) in [6.07, 6.45) is 9.18. The van der Waals surface area contributed by atoms with Crippen molar-refractivity contribution in [2.75, 3.05) is 18.4 Å². The lowest BCUT2D eigenvalue weighted by molar-refractivity contribution is 0.574. The Bertz CT molecular complexity index is 486. The lowest BCUT2D eigenvalue weighted by Gasteiger charge is -2.11. The first-order valence-electron chi connectivity index (χ1n) is 6.19. The molecule has 0 bridgehead atoms. The molecule has 3 rings (SSSR count). The standard InChI is InChI=1S/C12H17N5/c1-2-10(13-5-1)3-6-14-12-11-4-7-16-17(11)9-8-15-12/h4,7-10,13H,1-3,5-6H2,(H,14,15). The van der Waals surface area contributed by atoms with Crippen molar-refractivity contribution < 1.29 is 0 Å². The van der Waals surface area contributed by atoms with Gasteiger partial charge in [-0.1, -0.05) is 0 Å². The number of hydrogen-bond donors (Lipinski definition) is 2. The van der Waals surface area contributed by atoms with Gasteiger partial charge in [-0.3, -0.25) is 0 Å². The highest BCUT2D eigenvalue weighted by molar-refractivity contribution is 5.66. The number of fused-ring (bicyclic) bond motifs is 1. The second-order valence-electron chi connectivity index (χ2n) is 4.45. The minimum Gasteiger partial charge on any atom is -0.368 e. The third kappa shape index (κ3) is 2.24. The Kier molecular flexibility index (Phi) is 2.92. The number of rotatable bonds is 4. The molecule has 5 nitrogen and oxygen atoms in total. The van der Waals surface area contributed by atoms with Gasteiger partial charge in [-0.2, -0.15) is 5.10 Å². The predicted octanol–water partition coefficient (Wildman–Crippen LogP) is 1.28. The molecule has 3 heterocycles. The maximum atomic E-state index is 4.35. The average Bonchev–Trinajstić information content (AvgIpc) is 2.99. The van der Waals surface area contributed by atoms with Gasteiger partial charge in [0.15, 0.2) is 5.82 Å². The van der Waals surface area contributed by atoms with E-state index < -0.39 is 0 Å². The third-order valence-electron chi connectivity index (χ3n) is 3.27. The van der Waals surface area contributed by atoms with Crippen LogP contribution in [0.25, 0.3) is 5.52 Å². The van der Waals surface area contributed by atoms with Gasteiger partial charge >= 0.3 is 0 Å². The maximum absolute atomic E-state index is 4.35. The normalized spacial score (nSPS) is 19.9. The zero-order valence-electron chi connectivity index (χ0n) is 9.76. The Balaban J connectivity index is 1.62. The number of anilines is 1. The Morgan fingerprint density at radius 2 is 2.47 bits per heavy atom. The van der Waals surface area contributed by atoms with Gasteiger partial charge < -0.3 is 10.6 Å². The van der Waals surface area contributed by atoms with Crippen molar-refractivity contribution in [1.82, 2.24) is 19.9 Å². The first kappa shape index (κ1) is 10.5. The molecule has 2 N–H and O–H groups in total. The number of hydrogen-bond acceptors (Lipinski definition) is 4. The highest BCUT2D eigenvalue weighted by atomic mass is 15.2. The van der Waals surface area contributed by atoms with Crippen LogP contribution in [0.3, 0.4) is 0 Å². The smallest absolute Gasteiger partial charge is 0.152 e. The van der Waals surface area contributed by atoms with E-state index in [-0.39, 0.29) is 0 Å². The van der Waals surface area contributed by atoms with E-state index in [0.29, 0.717) is 6.04 Å². The molecule has 1 unspecified atom stereocenters. The minimum absolute atomic E-state index is 0.673. The molecule has 0 amide bonds. The van der Waals surface area contributed by atoms with E-state index in [4.69, 9.17) is 0 Å². The zero-order valence-corrected chi connectivity index (χ0v) is 9.76. The maximum Gasteiger partial charge on any atom is 0.152 e. The Morgan fingerprint density at radius 3 is 3.35 bits per heavy atom. The number of aromatic nitrogens is 3. The summed E-state index contributed by atoms with van der Waals surface area (Å²) in [5.74, 6) is 0.919. The molecule has 1 atom stereocenters. The highest BCUT2D eigenvalue weighted by Gasteiger charge is 2.13. The van der Waals surface area contributed by atoms with Gasteiger partial charge in [0, 0.05) is 25.0 Å². The summed E-state index contributed by atoms with van der Waals surface area (Å²) in [5.41, 5.74) is 1.03. The largest absolute Gasteiger partial charge is 0.368 e. The molecule has 1 fully saturated rings. The molecule has 5 heteroatoms. The van der Waals surface area contributed by atoms with Gasteiger partial charge in [0.1, 0.15) is 5.52 Å². The van der Waals surface area contributed by atoms with Gasteiger partial charge in [-0.25, -0.2) is 9.50 Å². The molecular weight excluding hydrogens is 214 g/mol. The molecule has 0 spiro atoms. The second kappa shape index (κ2) is 4.71. The van der Waals surface area contributed by atoms with Gasteiger partial charge in [0.05, 0.1) is 6.20 Å². The summed E-state index contributed by atoms with van der Waals surface area (Å²) >= 11 is 0. The average molecular weight is 231 g/mol. The summed E-state index contributed by atoms with van der Waals surface area (Å²) in [5, 5.41) is 11.1. The summed E-state index contributed by atoms with van der Waals surface area (Å²) < 4.78 is 1.84. The van der Waals surface area contributed by atoms with E-state index in [0.717, 1.165) is 24.3 Å². The van der Waals surface area contributed by atoms with Crippen molar-refractivity contribution >= 4 is 11.3 Å². The fourth-order valence-corrected chi connectivity index (χ4v) is 2.36. The molecule has 2 aromatic heterocycles. The van der Waals surface area contributed by atoms with Gasteiger partial charge in [-0.15, -0.1) is 0 Å². The van der Waals surface area contributed by atoms with Crippen molar-refractivity contribution in [3.8, 4) is 0 Å².